The molecule has 2 aromatic carbocycles. The molecule has 0 spiro atoms. The Morgan fingerprint density at radius 3 is 2.06 bits per heavy atom. The number of nitrogens with one attached hydrogen (secondary N) is 1. The van der Waals surface area contributed by atoms with Gasteiger partial charge in [0.05, 0.1) is 12.5 Å². The van der Waals surface area contributed by atoms with E-state index in [2.05, 4.69) is 10.1 Å². The Morgan fingerprint density at radius 1 is 0.938 bits per heavy atom. The first-order valence-corrected chi connectivity index (χ1v) is 8.71. The molecule has 0 radical (unpaired) electrons. The average Bonchev–Trinajstić information content (AvgIpc) is 2.65. The quantitative estimate of drug-likeness (QED) is 0.546. The Labute approximate surface area is 175 Å². The van der Waals surface area contributed by atoms with Crippen LogP contribution in [0.4, 0.5) is 39.5 Å². The van der Waals surface area contributed by atoms with Crippen molar-refractivity contribution >= 4 is 5.91 Å². The highest BCUT2D eigenvalue weighted by atomic mass is 19.4. The van der Waals surface area contributed by atoms with Crippen LogP contribution in [0.25, 0.3) is 0 Å². The summed E-state index contributed by atoms with van der Waals surface area (Å²) in [4.78, 5) is 12.1. The van der Waals surface area contributed by atoms with E-state index in [4.69, 9.17) is 5.73 Å². The number of alkyl halides is 7. The third kappa shape index (κ3) is 6.77. The number of hydrogen-bond donors (Lipinski definition) is 2. The van der Waals surface area contributed by atoms with E-state index >= 15 is 0 Å². The molecule has 0 aliphatic carbocycles. The summed E-state index contributed by atoms with van der Waals surface area (Å²) in [6, 6.07) is 1.72. The van der Waals surface area contributed by atoms with E-state index < -0.39 is 60.5 Å². The van der Waals surface area contributed by atoms with Crippen molar-refractivity contribution in [2.75, 3.05) is 0 Å². The Kier molecular flexibility index (Phi) is 7.65. The highest BCUT2D eigenvalue weighted by molar-refractivity contribution is 5.77. The summed E-state index contributed by atoms with van der Waals surface area (Å²) < 4.78 is 120. The smallest absolute Gasteiger partial charge is 0.428 e. The molecule has 2 aromatic rings. The normalized spacial score (nSPS) is 14.2. The summed E-state index contributed by atoms with van der Waals surface area (Å²) in [7, 11) is 0. The first-order valence-electron chi connectivity index (χ1n) is 8.71. The molecule has 1 amide bonds. The van der Waals surface area contributed by atoms with E-state index in [9.17, 15) is 44.3 Å². The lowest BCUT2D eigenvalue weighted by Crippen LogP contribution is -2.42. The number of rotatable bonds is 8. The molecule has 0 saturated carbocycles. The lowest BCUT2D eigenvalue weighted by atomic mass is 9.97. The van der Waals surface area contributed by atoms with Crippen molar-refractivity contribution in [3.63, 3.8) is 0 Å². The highest BCUT2D eigenvalue weighted by Crippen LogP contribution is 2.32. The lowest BCUT2D eigenvalue weighted by Gasteiger charge is -2.23. The van der Waals surface area contributed by atoms with E-state index in [0.717, 1.165) is 24.3 Å². The van der Waals surface area contributed by atoms with Crippen LogP contribution in [0.2, 0.25) is 0 Å². The van der Waals surface area contributed by atoms with E-state index in [1.54, 1.807) is 0 Å². The van der Waals surface area contributed by atoms with Crippen molar-refractivity contribution in [3.05, 3.63) is 65.2 Å². The van der Waals surface area contributed by atoms with Gasteiger partial charge in [-0.05, 0) is 35.4 Å². The first-order chi connectivity index (χ1) is 14.7. The van der Waals surface area contributed by atoms with E-state index in [0.29, 0.717) is 18.2 Å². The maximum Gasteiger partial charge on any atom is 0.461 e. The molecular formula is C19H15F9N2O2. The number of carbonyl (C=O) groups is 1. The zero-order chi connectivity index (χ0) is 24.3. The summed E-state index contributed by atoms with van der Waals surface area (Å²) in [5.74, 6) is -4.26. The fourth-order valence-corrected chi connectivity index (χ4v) is 2.56. The van der Waals surface area contributed by atoms with Crippen molar-refractivity contribution in [1.29, 1.82) is 0 Å². The second-order valence-electron chi connectivity index (χ2n) is 6.59. The molecule has 0 fully saturated rings. The van der Waals surface area contributed by atoms with Crippen LogP contribution >= 0.6 is 0 Å². The molecule has 0 aliphatic heterocycles. The standard InChI is InChI=1S/C19H15F9N2O2/c20-11-3-1-9(2-4-11)16(30-15(31)8-14(29)18(24,25)26)10-5-12(21)7-13(6-10)32-19(27,28)17(22)23/h1-7,14,16-17H,8,29H2,(H,30,31)/t14?,16-/m1/s1. The molecule has 3 N–H and O–H groups in total. The van der Waals surface area contributed by atoms with Crippen molar-refractivity contribution in [1.82, 2.24) is 5.32 Å². The van der Waals surface area contributed by atoms with Gasteiger partial charge in [0, 0.05) is 6.07 Å². The molecule has 2 rings (SSSR count). The molecule has 0 bridgehead atoms. The van der Waals surface area contributed by atoms with Gasteiger partial charge in [-0.2, -0.15) is 30.7 Å². The minimum atomic E-state index is -4.97. The fourth-order valence-electron chi connectivity index (χ4n) is 2.56. The van der Waals surface area contributed by atoms with Crippen molar-refractivity contribution in [2.24, 2.45) is 5.73 Å². The molecule has 32 heavy (non-hydrogen) atoms. The fraction of sp³-hybridized carbons (Fsp3) is 0.316. The van der Waals surface area contributed by atoms with Crippen LogP contribution in [-0.4, -0.2) is 30.7 Å². The van der Waals surface area contributed by atoms with Crippen LogP contribution in [0.15, 0.2) is 42.5 Å². The molecular weight excluding hydrogens is 459 g/mol. The van der Waals surface area contributed by atoms with Gasteiger partial charge >= 0.3 is 18.7 Å². The summed E-state index contributed by atoms with van der Waals surface area (Å²) in [6.07, 6.45) is -15.3. The van der Waals surface area contributed by atoms with Crippen LogP contribution in [-0.2, 0) is 4.79 Å². The summed E-state index contributed by atoms with van der Waals surface area (Å²) in [5, 5.41) is 2.11. The van der Waals surface area contributed by atoms with Crippen molar-refractivity contribution in [3.8, 4) is 5.75 Å². The zero-order valence-electron chi connectivity index (χ0n) is 15.8. The van der Waals surface area contributed by atoms with Crippen LogP contribution in [0.3, 0.4) is 0 Å². The molecule has 0 aliphatic rings. The highest BCUT2D eigenvalue weighted by Gasteiger charge is 2.44. The Balaban J connectivity index is 2.42. The molecule has 13 heteroatoms. The second-order valence-corrected chi connectivity index (χ2v) is 6.59. The molecule has 0 heterocycles. The van der Waals surface area contributed by atoms with Gasteiger partial charge in [0.2, 0.25) is 5.91 Å². The minimum Gasteiger partial charge on any atom is -0.428 e. The maximum absolute atomic E-state index is 14.0. The van der Waals surface area contributed by atoms with Gasteiger partial charge in [0.1, 0.15) is 23.4 Å². The third-order valence-corrected chi connectivity index (χ3v) is 4.07. The predicted octanol–water partition coefficient (Wildman–Crippen LogP) is 4.69. The van der Waals surface area contributed by atoms with Crippen LogP contribution < -0.4 is 15.8 Å². The van der Waals surface area contributed by atoms with Crippen LogP contribution in [0.5, 0.6) is 5.75 Å². The second kappa shape index (κ2) is 9.67. The Morgan fingerprint density at radius 2 is 1.53 bits per heavy atom. The van der Waals surface area contributed by atoms with Gasteiger partial charge in [-0.1, -0.05) is 12.1 Å². The first kappa shape index (κ1) is 25.3. The minimum absolute atomic E-state index is 0.0116. The van der Waals surface area contributed by atoms with Crippen molar-refractivity contribution in [2.45, 2.75) is 37.2 Å². The summed E-state index contributed by atoms with van der Waals surface area (Å²) in [6.45, 7) is 0. The molecule has 4 nitrogen and oxygen atoms in total. The number of halogens is 9. The van der Waals surface area contributed by atoms with E-state index in [1.165, 1.54) is 0 Å². The van der Waals surface area contributed by atoms with Gasteiger partial charge in [-0.3, -0.25) is 4.79 Å². The molecule has 2 atom stereocenters. The molecule has 176 valence electrons. The lowest BCUT2D eigenvalue weighted by molar-refractivity contribution is -0.253. The monoisotopic (exact) mass is 474 g/mol. The van der Waals surface area contributed by atoms with Crippen molar-refractivity contribution < 1.29 is 49.0 Å². The van der Waals surface area contributed by atoms with E-state index in [-0.39, 0.29) is 11.1 Å². The SMILES string of the molecule is NC(CC(=O)N[C@H](c1ccc(F)cc1)c1cc(F)cc(OC(F)(F)C(F)F)c1)C(F)(F)F. The number of carbonyl (C=O) groups excluding carboxylic acids is 1. The number of amides is 1. The van der Waals surface area contributed by atoms with Crippen LogP contribution in [0, 0.1) is 11.6 Å². The molecule has 0 aromatic heterocycles. The number of nitrogens with two attached hydrogens (primary N) is 1. The maximum atomic E-state index is 14.0. The topological polar surface area (TPSA) is 64.4 Å². The number of hydrogen-bond acceptors (Lipinski definition) is 3. The number of benzene rings is 2. The Bertz CT molecular complexity index is 933. The summed E-state index contributed by atoms with van der Waals surface area (Å²) in [5.41, 5.74) is 4.56. The number of ether oxygens (including phenoxy) is 1. The Hall–Kier alpha value is -2.96. The summed E-state index contributed by atoms with van der Waals surface area (Å²) >= 11 is 0. The predicted molar refractivity (Wildman–Crippen MR) is 93.0 cm³/mol. The van der Waals surface area contributed by atoms with Gasteiger partial charge in [0.25, 0.3) is 0 Å². The largest absolute Gasteiger partial charge is 0.461 e. The zero-order valence-corrected chi connectivity index (χ0v) is 15.8. The van der Waals surface area contributed by atoms with Gasteiger partial charge in [0.15, 0.2) is 0 Å². The molecule has 1 unspecified atom stereocenters. The average molecular weight is 474 g/mol. The van der Waals surface area contributed by atoms with Gasteiger partial charge in [-0.15, -0.1) is 0 Å². The van der Waals surface area contributed by atoms with E-state index in [1.807, 2.05) is 0 Å². The van der Waals surface area contributed by atoms with Gasteiger partial charge < -0.3 is 15.8 Å². The molecule has 0 saturated heterocycles. The van der Waals surface area contributed by atoms with Gasteiger partial charge in [-0.25, -0.2) is 8.78 Å². The van der Waals surface area contributed by atoms with Crippen LogP contribution in [0.1, 0.15) is 23.6 Å². The third-order valence-electron chi connectivity index (χ3n) is 4.07.